The van der Waals surface area contributed by atoms with Crippen LogP contribution < -0.4 is 11.1 Å². The van der Waals surface area contributed by atoms with Crippen LogP contribution in [0.4, 0.5) is 18.9 Å². The first-order chi connectivity index (χ1) is 16.6. The van der Waals surface area contributed by atoms with E-state index in [-0.39, 0.29) is 34.4 Å². The summed E-state index contributed by atoms with van der Waals surface area (Å²) >= 11 is 0. The van der Waals surface area contributed by atoms with Gasteiger partial charge in [0.25, 0.3) is 11.8 Å². The van der Waals surface area contributed by atoms with Gasteiger partial charge in [0.1, 0.15) is 5.69 Å². The first kappa shape index (κ1) is 23.4. The van der Waals surface area contributed by atoms with E-state index in [0.29, 0.717) is 11.1 Å². The fraction of sp³-hybridized carbons (Fsp3) is 0.130. The van der Waals surface area contributed by atoms with Gasteiger partial charge in [-0.3, -0.25) is 19.3 Å². The van der Waals surface area contributed by atoms with E-state index in [1.807, 2.05) is 6.07 Å². The van der Waals surface area contributed by atoms with Crippen LogP contribution in [0.3, 0.4) is 0 Å². The largest absolute Gasteiger partial charge is 0.437 e. The molecule has 1 aromatic carbocycles. The number of anilines is 1. The number of nitrogens with zero attached hydrogens (tertiary/aromatic N) is 5. The van der Waals surface area contributed by atoms with Crippen molar-refractivity contribution in [3.05, 3.63) is 82.6 Å². The molecule has 4 rings (SSSR count). The van der Waals surface area contributed by atoms with Crippen molar-refractivity contribution in [3.63, 3.8) is 0 Å². The predicted molar refractivity (Wildman–Crippen MR) is 118 cm³/mol. The second kappa shape index (κ2) is 8.86. The summed E-state index contributed by atoms with van der Waals surface area (Å²) in [5.41, 5.74) is 4.46. The van der Waals surface area contributed by atoms with E-state index in [9.17, 15) is 22.8 Å². The van der Waals surface area contributed by atoms with E-state index in [4.69, 9.17) is 11.0 Å². The molecule has 9 nitrogen and oxygen atoms in total. The lowest BCUT2D eigenvalue weighted by atomic mass is 10.1. The molecule has 2 amide bonds. The molecule has 0 fully saturated rings. The van der Waals surface area contributed by atoms with Gasteiger partial charge in [0.2, 0.25) is 0 Å². The number of benzene rings is 1. The van der Waals surface area contributed by atoms with Crippen molar-refractivity contribution in [1.29, 1.82) is 5.26 Å². The van der Waals surface area contributed by atoms with Crippen LogP contribution in [0.25, 0.3) is 10.9 Å². The van der Waals surface area contributed by atoms with Gasteiger partial charge in [-0.15, -0.1) is 0 Å². The molecular formula is C23H16F3N7O2. The Hall–Kier alpha value is -4.79. The summed E-state index contributed by atoms with van der Waals surface area (Å²) in [5, 5.41) is 15.1. The summed E-state index contributed by atoms with van der Waals surface area (Å²) in [6.07, 6.45) is -2.15. The fourth-order valence-corrected chi connectivity index (χ4v) is 3.47. The van der Waals surface area contributed by atoms with Crippen LogP contribution >= 0.6 is 0 Å². The number of nitrogens with one attached hydrogen (secondary N) is 1. The van der Waals surface area contributed by atoms with E-state index in [1.54, 1.807) is 24.3 Å². The lowest BCUT2D eigenvalue weighted by Gasteiger charge is -2.11. The zero-order valence-corrected chi connectivity index (χ0v) is 18.1. The number of carbonyl (C=O) groups excluding carboxylic acids is 2. The Labute approximate surface area is 196 Å². The molecule has 0 aliphatic rings. The second-order valence-corrected chi connectivity index (χ2v) is 7.54. The smallest absolute Gasteiger partial charge is 0.364 e. The van der Waals surface area contributed by atoms with Gasteiger partial charge in [-0.2, -0.15) is 23.5 Å². The predicted octanol–water partition coefficient (Wildman–Crippen LogP) is 3.42. The summed E-state index contributed by atoms with van der Waals surface area (Å²) in [6, 6.07) is 10.8. The minimum Gasteiger partial charge on any atom is -0.364 e. The first-order valence-corrected chi connectivity index (χ1v) is 10.1. The Morgan fingerprint density at radius 1 is 1.20 bits per heavy atom. The number of pyridine rings is 2. The number of nitrogens with two attached hydrogens (primary N) is 1. The van der Waals surface area contributed by atoms with Crippen molar-refractivity contribution in [3.8, 4) is 6.07 Å². The van der Waals surface area contributed by atoms with Gasteiger partial charge in [0.05, 0.1) is 40.6 Å². The van der Waals surface area contributed by atoms with Gasteiger partial charge in [0.15, 0.2) is 5.69 Å². The highest BCUT2D eigenvalue weighted by Gasteiger charge is 2.39. The zero-order chi connectivity index (χ0) is 25.3. The van der Waals surface area contributed by atoms with Gasteiger partial charge < -0.3 is 11.1 Å². The van der Waals surface area contributed by atoms with Crippen molar-refractivity contribution in [2.45, 2.75) is 19.6 Å². The molecule has 0 spiro atoms. The maximum Gasteiger partial charge on any atom is 0.437 e. The lowest BCUT2D eigenvalue weighted by molar-refractivity contribution is -0.140. The third kappa shape index (κ3) is 4.65. The van der Waals surface area contributed by atoms with Crippen molar-refractivity contribution in [1.82, 2.24) is 19.7 Å². The minimum atomic E-state index is -4.86. The van der Waals surface area contributed by atoms with Gasteiger partial charge in [0, 0.05) is 17.8 Å². The highest BCUT2D eigenvalue weighted by atomic mass is 19.4. The average molecular weight is 479 g/mol. The number of hydrogen-bond donors (Lipinski definition) is 2. The summed E-state index contributed by atoms with van der Waals surface area (Å²) < 4.78 is 42.5. The molecule has 3 N–H and O–H groups in total. The first-order valence-electron chi connectivity index (χ1n) is 10.1. The number of nitriles is 1. The normalized spacial score (nSPS) is 11.3. The van der Waals surface area contributed by atoms with Crippen LogP contribution in [0, 0.1) is 18.3 Å². The average Bonchev–Trinajstić information content (AvgIpc) is 3.14. The van der Waals surface area contributed by atoms with Gasteiger partial charge in [-0.1, -0.05) is 12.1 Å². The maximum absolute atomic E-state index is 13.8. The summed E-state index contributed by atoms with van der Waals surface area (Å²) in [6.45, 7) is 1.37. The number of hydrogen-bond acceptors (Lipinski definition) is 6. The summed E-state index contributed by atoms with van der Waals surface area (Å²) in [4.78, 5) is 32.8. The molecular weight excluding hydrogens is 463 g/mol. The molecule has 0 aliphatic heterocycles. The molecule has 3 heterocycles. The lowest BCUT2D eigenvalue weighted by Crippen LogP contribution is -2.19. The molecule has 0 saturated carbocycles. The molecule has 0 unspecified atom stereocenters. The number of rotatable bonds is 5. The molecule has 0 saturated heterocycles. The summed E-state index contributed by atoms with van der Waals surface area (Å²) in [5.74, 6) is -1.82. The molecule has 4 aromatic rings. The van der Waals surface area contributed by atoms with E-state index in [0.717, 1.165) is 10.7 Å². The highest BCUT2D eigenvalue weighted by molar-refractivity contribution is 6.13. The van der Waals surface area contributed by atoms with E-state index in [2.05, 4.69) is 20.4 Å². The van der Waals surface area contributed by atoms with Crippen LogP contribution in [0.2, 0.25) is 0 Å². The number of aromatic nitrogens is 4. The number of primary amides is 1. The number of alkyl halides is 3. The maximum atomic E-state index is 13.8. The Morgan fingerprint density at radius 3 is 2.54 bits per heavy atom. The molecule has 0 atom stereocenters. The Bertz CT molecular complexity index is 1500. The van der Waals surface area contributed by atoms with Crippen molar-refractivity contribution < 1.29 is 22.8 Å². The van der Waals surface area contributed by atoms with Crippen molar-refractivity contribution in [2.75, 3.05) is 5.32 Å². The Balaban J connectivity index is 1.75. The van der Waals surface area contributed by atoms with Crippen molar-refractivity contribution >= 4 is 28.4 Å². The molecule has 176 valence electrons. The molecule has 0 bridgehead atoms. The molecule has 0 aliphatic carbocycles. The van der Waals surface area contributed by atoms with E-state index >= 15 is 0 Å². The highest BCUT2D eigenvalue weighted by Crippen LogP contribution is 2.36. The topological polar surface area (TPSA) is 140 Å². The molecule has 3 aromatic heterocycles. The number of halogens is 3. The fourth-order valence-electron chi connectivity index (χ4n) is 3.47. The molecule has 0 radical (unpaired) electrons. The Kier molecular flexibility index (Phi) is 5.92. The van der Waals surface area contributed by atoms with Crippen LogP contribution in [0.15, 0.2) is 48.8 Å². The number of carbonyl (C=O) groups is 2. The van der Waals surface area contributed by atoms with E-state index < -0.39 is 29.4 Å². The van der Waals surface area contributed by atoms with Gasteiger partial charge in [-0.05, 0) is 36.8 Å². The van der Waals surface area contributed by atoms with Gasteiger partial charge in [-0.25, -0.2) is 4.98 Å². The Morgan fingerprint density at radius 2 is 1.91 bits per heavy atom. The number of fused-ring (bicyclic) bond motifs is 1. The standard InChI is InChI=1S/C23H16F3N7O2/c1-12-19(20(23(24,25)26)32-33(12)11-14-4-2-13(9-27)3-5-14)31-22(35)15-8-18(21(28)34)30-17-6-7-29-10-16(15)17/h2-8,10H,11H2,1H3,(H2,28,34)(H,31,35). The van der Waals surface area contributed by atoms with Crippen LogP contribution in [-0.4, -0.2) is 31.6 Å². The third-order valence-electron chi connectivity index (χ3n) is 5.24. The zero-order valence-electron chi connectivity index (χ0n) is 18.1. The molecule has 12 heteroatoms. The molecule has 35 heavy (non-hydrogen) atoms. The van der Waals surface area contributed by atoms with Gasteiger partial charge >= 0.3 is 6.18 Å². The van der Waals surface area contributed by atoms with Crippen molar-refractivity contribution in [2.24, 2.45) is 5.73 Å². The second-order valence-electron chi connectivity index (χ2n) is 7.54. The third-order valence-corrected chi connectivity index (χ3v) is 5.24. The number of amides is 2. The van der Waals surface area contributed by atoms with Crippen LogP contribution in [0.5, 0.6) is 0 Å². The summed E-state index contributed by atoms with van der Waals surface area (Å²) in [7, 11) is 0. The minimum absolute atomic E-state index is 0.0234. The van der Waals surface area contributed by atoms with Crippen LogP contribution in [0.1, 0.15) is 43.4 Å². The van der Waals surface area contributed by atoms with E-state index in [1.165, 1.54) is 25.4 Å². The van der Waals surface area contributed by atoms with Crippen LogP contribution in [-0.2, 0) is 12.7 Å². The SMILES string of the molecule is Cc1c(NC(=O)c2cc(C(N)=O)nc3ccncc23)c(C(F)(F)F)nn1Cc1ccc(C#N)cc1. The monoisotopic (exact) mass is 479 g/mol. The quantitative estimate of drug-likeness (QED) is 0.450.